The first-order chi connectivity index (χ1) is 13.2. The molecule has 2 aromatic heterocycles. The Morgan fingerprint density at radius 3 is 2.89 bits per heavy atom. The van der Waals surface area contributed by atoms with E-state index in [-0.39, 0.29) is 5.82 Å². The number of hydrogen-bond acceptors (Lipinski definition) is 5. The summed E-state index contributed by atoms with van der Waals surface area (Å²) in [5, 5.41) is 0.899. The predicted molar refractivity (Wildman–Crippen MR) is 106 cm³/mol. The van der Waals surface area contributed by atoms with E-state index in [9.17, 15) is 4.39 Å². The lowest BCUT2D eigenvalue weighted by atomic mass is 10.0. The quantitative estimate of drug-likeness (QED) is 0.764. The minimum atomic E-state index is -0.306. The highest BCUT2D eigenvalue weighted by Gasteiger charge is 2.16. The fourth-order valence-corrected chi connectivity index (χ4v) is 3.52. The van der Waals surface area contributed by atoms with Gasteiger partial charge in [-0.3, -0.25) is 0 Å². The second-order valence-corrected chi connectivity index (χ2v) is 6.74. The predicted octanol–water partition coefficient (Wildman–Crippen LogP) is 3.81. The van der Waals surface area contributed by atoms with E-state index < -0.39 is 0 Å². The third kappa shape index (κ3) is 3.45. The molecule has 140 valence electrons. The molecule has 1 aliphatic heterocycles. The maximum absolute atomic E-state index is 14.8. The number of aromatic nitrogens is 2. The molecule has 4 rings (SSSR count). The van der Waals surface area contributed by atoms with Crippen molar-refractivity contribution < 1.29 is 9.13 Å². The summed E-state index contributed by atoms with van der Waals surface area (Å²) < 4.78 is 20.4. The van der Waals surface area contributed by atoms with Gasteiger partial charge < -0.3 is 15.4 Å². The number of nitrogens with two attached hydrogens (primary N) is 1. The Morgan fingerprint density at radius 1 is 1.19 bits per heavy atom. The van der Waals surface area contributed by atoms with Crippen LogP contribution in [0.15, 0.2) is 36.5 Å². The summed E-state index contributed by atoms with van der Waals surface area (Å²) in [6.45, 7) is 5.12. The monoisotopic (exact) mass is 366 g/mol. The minimum Gasteiger partial charge on any atom is -0.383 e. The summed E-state index contributed by atoms with van der Waals surface area (Å²) in [7, 11) is 0. The van der Waals surface area contributed by atoms with Gasteiger partial charge in [-0.25, -0.2) is 14.4 Å². The van der Waals surface area contributed by atoms with Crippen LogP contribution >= 0.6 is 0 Å². The van der Waals surface area contributed by atoms with E-state index in [4.69, 9.17) is 15.5 Å². The number of benzene rings is 1. The molecule has 1 aromatic carbocycles. The topological polar surface area (TPSA) is 64.3 Å². The molecule has 0 amide bonds. The largest absolute Gasteiger partial charge is 0.383 e. The maximum atomic E-state index is 14.8. The highest BCUT2D eigenvalue weighted by atomic mass is 19.1. The zero-order chi connectivity index (χ0) is 18.8. The molecule has 1 fully saturated rings. The second kappa shape index (κ2) is 7.48. The van der Waals surface area contributed by atoms with Gasteiger partial charge in [-0.2, -0.15) is 0 Å². The number of pyridine rings is 2. The number of halogens is 1. The van der Waals surface area contributed by atoms with E-state index >= 15 is 0 Å². The Labute approximate surface area is 158 Å². The standard InChI is InChI=1S/C21H23FN4O/c1-2-14-12-16(13-24-21(14)23)19-17(22)6-4-15-5-7-18(25-20(15)19)26-8-3-10-27-11-9-26/h4-7,12-13H,2-3,8-11H2,1H3,(H2,23,24). The van der Waals surface area contributed by atoms with Gasteiger partial charge in [-0.15, -0.1) is 0 Å². The van der Waals surface area contributed by atoms with Crippen LogP contribution in [0.5, 0.6) is 0 Å². The van der Waals surface area contributed by atoms with E-state index in [0.29, 0.717) is 29.1 Å². The highest BCUT2D eigenvalue weighted by Crippen LogP contribution is 2.32. The molecule has 0 radical (unpaired) electrons. The third-order valence-electron chi connectivity index (χ3n) is 5.01. The molecular weight excluding hydrogens is 343 g/mol. The molecule has 27 heavy (non-hydrogen) atoms. The fourth-order valence-electron chi connectivity index (χ4n) is 3.52. The van der Waals surface area contributed by atoms with Gasteiger partial charge in [0.25, 0.3) is 0 Å². The van der Waals surface area contributed by atoms with Crippen molar-refractivity contribution in [2.24, 2.45) is 0 Å². The van der Waals surface area contributed by atoms with Crippen LogP contribution in [0.1, 0.15) is 18.9 Å². The van der Waals surface area contributed by atoms with Crippen LogP contribution < -0.4 is 10.6 Å². The summed E-state index contributed by atoms with van der Waals surface area (Å²) in [5.74, 6) is 1.03. The lowest BCUT2D eigenvalue weighted by molar-refractivity contribution is 0.152. The Hall–Kier alpha value is -2.73. The molecule has 0 saturated carbocycles. The van der Waals surface area contributed by atoms with Gasteiger partial charge in [0.15, 0.2) is 0 Å². The van der Waals surface area contributed by atoms with Gasteiger partial charge in [0.2, 0.25) is 0 Å². The molecule has 0 unspecified atom stereocenters. The maximum Gasteiger partial charge on any atom is 0.133 e. The molecular formula is C21H23FN4O. The van der Waals surface area contributed by atoms with Crippen LogP contribution in [-0.2, 0) is 11.2 Å². The second-order valence-electron chi connectivity index (χ2n) is 6.74. The molecule has 6 heteroatoms. The molecule has 0 atom stereocenters. The van der Waals surface area contributed by atoms with Crippen molar-refractivity contribution in [3.63, 3.8) is 0 Å². The van der Waals surface area contributed by atoms with Gasteiger partial charge in [0, 0.05) is 42.4 Å². The van der Waals surface area contributed by atoms with E-state index in [0.717, 1.165) is 49.3 Å². The Bertz CT molecular complexity index is 968. The number of nitrogens with zero attached hydrogens (tertiary/aromatic N) is 3. The SMILES string of the molecule is CCc1cc(-c2c(F)ccc3ccc(N4CCCOCC4)nc23)cnc1N. The van der Waals surface area contributed by atoms with Crippen LogP contribution in [0.25, 0.3) is 22.0 Å². The van der Waals surface area contributed by atoms with Crippen molar-refractivity contribution >= 4 is 22.5 Å². The van der Waals surface area contributed by atoms with Gasteiger partial charge in [-0.05, 0) is 48.7 Å². The number of rotatable bonds is 3. The summed E-state index contributed by atoms with van der Waals surface area (Å²) in [5.41, 5.74) is 8.65. The van der Waals surface area contributed by atoms with Crippen molar-refractivity contribution in [3.05, 3.63) is 47.9 Å². The summed E-state index contributed by atoms with van der Waals surface area (Å²) in [6, 6.07) is 9.16. The molecule has 5 nitrogen and oxygen atoms in total. The zero-order valence-electron chi connectivity index (χ0n) is 15.4. The van der Waals surface area contributed by atoms with E-state index in [1.54, 1.807) is 12.3 Å². The molecule has 3 heterocycles. The molecule has 2 N–H and O–H groups in total. The van der Waals surface area contributed by atoms with Crippen LogP contribution in [0.3, 0.4) is 0 Å². The van der Waals surface area contributed by atoms with Crippen molar-refractivity contribution in [1.29, 1.82) is 0 Å². The molecule has 0 aliphatic carbocycles. The van der Waals surface area contributed by atoms with E-state index in [1.807, 2.05) is 25.1 Å². The van der Waals surface area contributed by atoms with Crippen LogP contribution in [0, 0.1) is 5.82 Å². The first kappa shape index (κ1) is 17.7. The Kier molecular flexibility index (Phi) is 4.90. The molecule has 1 saturated heterocycles. The van der Waals surface area contributed by atoms with Crippen LogP contribution in [-0.4, -0.2) is 36.3 Å². The van der Waals surface area contributed by atoms with Gasteiger partial charge in [0.05, 0.1) is 12.1 Å². The number of hydrogen-bond donors (Lipinski definition) is 1. The van der Waals surface area contributed by atoms with Crippen molar-refractivity contribution in [2.45, 2.75) is 19.8 Å². The summed E-state index contributed by atoms with van der Waals surface area (Å²) in [4.78, 5) is 11.3. The number of fused-ring (bicyclic) bond motifs is 1. The van der Waals surface area contributed by atoms with Crippen LogP contribution in [0.4, 0.5) is 16.0 Å². The normalized spacial score (nSPS) is 15.1. The van der Waals surface area contributed by atoms with E-state index in [2.05, 4.69) is 9.88 Å². The van der Waals surface area contributed by atoms with Crippen molar-refractivity contribution in [2.75, 3.05) is 36.9 Å². The zero-order valence-corrected chi connectivity index (χ0v) is 15.4. The molecule has 0 bridgehead atoms. The fraction of sp³-hybridized carbons (Fsp3) is 0.333. The number of anilines is 2. The molecule has 1 aliphatic rings. The van der Waals surface area contributed by atoms with Crippen LogP contribution in [0.2, 0.25) is 0 Å². The minimum absolute atomic E-state index is 0.306. The average molecular weight is 366 g/mol. The molecule has 3 aromatic rings. The third-order valence-corrected chi connectivity index (χ3v) is 5.01. The van der Waals surface area contributed by atoms with Gasteiger partial charge in [-0.1, -0.05) is 6.92 Å². The lowest BCUT2D eigenvalue weighted by Gasteiger charge is -2.21. The smallest absolute Gasteiger partial charge is 0.133 e. The number of nitrogen functional groups attached to an aromatic ring is 1. The summed E-state index contributed by atoms with van der Waals surface area (Å²) >= 11 is 0. The van der Waals surface area contributed by atoms with Gasteiger partial charge in [0.1, 0.15) is 17.5 Å². The first-order valence-electron chi connectivity index (χ1n) is 9.34. The summed E-state index contributed by atoms with van der Waals surface area (Å²) in [6.07, 6.45) is 3.32. The highest BCUT2D eigenvalue weighted by molar-refractivity contribution is 5.95. The number of aryl methyl sites for hydroxylation is 1. The van der Waals surface area contributed by atoms with Crippen molar-refractivity contribution in [3.8, 4) is 11.1 Å². The lowest BCUT2D eigenvalue weighted by Crippen LogP contribution is -2.26. The Morgan fingerprint density at radius 2 is 2.04 bits per heavy atom. The Balaban J connectivity index is 1.86. The number of ether oxygens (including phenoxy) is 1. The molecule has 0 spiro atoms. The first-order valence-corrected chi connectivity index (χ1v) is 9.34. The van der Waals surface area contributed by atoms with Gasteiger partial charge >= 0.3 is 0 Å². The van der Waals surface area contributed by atoms with E-state index in [1.165, 1.54) is 6.07 Å². The van der Waals surface area contributed by atoms with Crippen molar-refractivity contribution in [1.82, 2.24) is 9.97 Å². The average Bonchev–Trinajstić information content (AvgIpc) is 2.98.